The van der Waals surface area contributed by atoms with E-state index in [-0.39, 0.29) is 19.2 Å². The number of carbonyl (C=O) groups excluding carboxylic acids is 2. The van der Waals surface area contributed by atoms with Gasteiger partial charge < -0.3 is 19.9 Å². The van der Waals surface area contributed by atoms with Crippen LogP contribution in [0, 0.1) is 0 Å². The van der Waals surface area contributed by atoms with Gasteiger partial charge in [-0.05, 0) is 47.2 Å². The van der Waals surface area contributed by atoms with Crippen LogP contribution in [-0.4, -0.2) is 38.2 Å². The Bertz CT molecular complexity index is 1300. The Kier molecular flexibility index (Phi) is 6.97. The van der Waals surface area contributed by atoms with Gasteiger partial charge >= 0.3 is 12.1 Å². The first-order valence-corrected chi connectivity index (χ1v) is 10.8. The van der Waals surface area contributed by atoms with E-state index in [1.54, 1.807) is 35.7 Å². The number of carbonyl (C=O) groups is 2. The molecule has 4 aromatic rings. The number of ether oxygens (including phenoxy) is 1. The molecule has 10 heteroatoms. The SMILES string of the molecule is CCNC(=O)Nc1cc2c(-c3ccncc3)ccc(CNC(=O)OCc3cncn3C)c2cn1. The van der Waals surface area contributed by atoms with Gasteiger partial charge in [-0.25, -0.2) is 19.6 Å². The van der Waals surface area contributed by atoms with Crippen molar-refractivity contribution in [2.45, 2.75) is 20.1 Å². The van der Waals surface area contributed by atoms with Gasteiger partial charge in [0, 0.05) is 44.1 Å². The lowest BCUT2D eigenvalue weighted by atomic mass is 9.96. The third-order valence-electron chi connectivity index (χ3n) is 5.25. The third kappa shape index (κ3) is 5.29. The lowest BCUT2D eigenvalue weighted by Crippen LogP contribution is -2.28. The normalized spacial score (nSPS) is 10.6. The molecule has 3 N–H and O–H groups in total. The Morgan fingerprint density at radius 1 is 1.03 bits per heavy atom. The van der Waals surface area contributed by atoms with E-state index >= 15 is 0 Å². The number of hydrogen-bond acceptors (Lipinski definition) is 6. The summed E-state index contributed by atoms with van der Waals surface area (Å²) >= 11 is 0. The maximum atomic E-state index is 12.2. The molecule has 34 heavy (non-hydrogen) atoms. The second-order valence-corrected chi connectivity index (χ2v) is 7.53. The van der Waals surface area contributed by atoms with Crippen molar-refractivity contribution in [3.63, 3.8) is 0 Å². The summed E-state index contributed by atoms with van der Waals surface area (Å²) in [6, 6.07) is 9.25. The van der Waals surface area contributed by atoms with Crippen LogP contribution in [0.5, 0.6) is 0 Å². The zero-order valence-corrected chi connectivity index (χ0v) is 18.9. The number of alkyl carbamates (subject to hydrolysis) is 1. The zero-order valence-electron chi connectivity index (χ0n) is 18.9. The molecule has 3 aromatic heterocycles. The number of fused-ring (bicyclic) bond motifs is 1. The van der Waals surface area contributed by atoms with Gasteiger partial charge in [0.2, 0.25) is 0 Å². The molecule has 10 nitrogen and oxygen atoms in total. The van der Waals surface area contributed by atoms with Crippen LogP contribution < -0.4 is 16.0 Å². The maximum absolute atomic E-state index is 12.2. The molecule has 0 unspecified atom stereocenters. The molecule has 0 atom stereocenters. The molecule has 0 fully saturated rings. The fourth-order valence-corrected chi connectivity index (χ4v) is 3.51. The number of benzene rings is 1. The number of amides is 3. The molecule has 3 amide bonds. The summed E-state index contributed by atoms with van der Waals surface area (Å²) in [4.78, 5) is 36.7. The molecule has 0 bridgehead atoms. The lowest BCUT2D eigenvalue weighted by molar-refractivity contribution is 0.137. The summed E-state index contributed by atoms with van der Waals surface area (Å²) < 4.78 is 7.08. The van der Waals surface area contributed by atoms with E-state index in [0.717, 1.165) is 33.2 Å². The summed E-state index contributed by atoms with van der Waals surface area (Å²) in [5.41, 5.74) is 3.59. The smallest absolute Gasteiger partial charge is 0.407 e. The monoisotopic (exact) mass is 459 g/mol. The van der Waals surface area contributed by atoms with Crippen LogP contribution in [0.4, 0.5) is 15.4 Å². The van der Waals surface area contributed by atoms with Crippen molar-refractivity contribution >= 4 is 28.7 Å². The van der Waals surface area contributed by atoms with Crippen molar-refractivity contribution in [3.8, 4) is 11.1 Å². The van der Waals surface area contributed by atoms with Crippen molar-refractivity contribution in [3.05, 3.63) is 72.7 Å². The quantitative estimate of drug-likeness (QED) is 0.388. The summed E-state index contributed by atoms with van der Waals surface area (Å²) in [6.07, 6.45) is 7.91. The van der Waals surface area contributed by atoms with Crippen molar-refractivity contribution in [2.75, 3.05) is 11.9 Å². The predicted octanol–water partition coefficient (Wildman–Crippen LogP) is 3.60. The molecule has 0 aliphatic heterocycles. The highest BCUT2D eigenvalue weighted by atomic mass is 16.5. The largest absolute Gasteiger partial charge is 0.443 e. The number of pyridine rings is 2. The van der Waals surface area contributed by atoms with Crippen molar-refractivity contribution in [2.24, 2.45) is 7.05 Å². The highest BCUT2D eigenvalue weighted by Gasteiger charge is 2.13. The molecular weight excluding hydrogens is 434 g/mol. The van der Waals surface area contributed by atoms with Crippen LogP contribution in [0.25, 0.3) is 21.9 Å². The number of nitrogens with one attached hydrogen (secondary N) is 3. The van der Waals surface area contributed by atoms with E-state index in [4.69, 9.17) is 4.74 Å². The first-order chi connectivity index (χ1) is 16.5. The fourth-order valence-electron chi connectivity index (χ4n) is 3.51. The molecule has 0 radical (unpaired) electrons. The fraction of sp³-hybridized carbons (Fsp3) is 0.208. The van der Waals surface area contributed by atoms with Crippen molar-refractivity contribution in [1.29, 1.82) is 0 Å². The number of urea groups is 1. The molecular formula is C24H25N7O3. The minimum Gasteiger partial charge on any atom is -0.443 e. The molecule has 0 spiro atoms. The van der Waals surface area contributed by atoms with E-state index < -0.39 is 6.09 Å². The van der Waals surface area contributed by atoms with Crippen LogP contribution in [-0.2, 0) is 24.9 Å². The van der Waals surface area contributed by atoms with Crippen LogP contribution in [0.3, 0.4) is 0 Å². The van der Waals surface area contributed by atoms with E-state index in [1.807, 2.05) is 44.3 Å². The van der Waals surface area contributed by atoms with Crippen LogP contribution in [0.2, 0.25) is 0 Å². The highest BCUT2D eigenvalue weighted by Crippen LogP contribution is 2.31. The minimum absolute atomic E-state index is 0.125. The van der Waals surface area contributed by atoms with E-state index in [1.165, 1.54) is 0 Å². The number of imidazole rings is 1. The molecule has 174 valence electrons. The van der Waals surface area contributed by atoms with Crippen LogP contribution >= 0.6 is 0 Å². The number of nitrogens with zero attached hydrogens (tertiary/aromatic N) is 4. The Morgan fingerprint density at radius 2 is 1.85 bits per heavy atom. The molecule has 0 aliphatic carbocycles. The third-order valence-corrected chi connectivity index (χ3v) is 5.25. The van der Waals surface area contributed by atoms with Gasteiger partial charge in [0.25, 0.3) is 0 Å². The number of aromatic nitrogens is 4. The maximum Gasteiger partial charge on any atom is 0.407 e. The van der Waals surface area contributed by atoms with Gasteiger partial charge in [-0.1, -0.05) is 12.1 Å². The standard InChI is InChI=1S/C24H25N7O3/c1-3-27-23(32)30-22-10-20-19(16-6-8-25-9-7-16)5-4-17(21(20)13-28-22)11-29-24(33)34-14-18-12-26-15-31(18)2/h4-10,12-13,15H,3,11,14H2,1-2H3,(H,29,33)(H2,27,28,30,32). The van der Waals surface area contributed by atoms with Crippen LogP contribution in [0.15, 0.2) is 61.4 Å². The Labute approximate surface area is 196 Å². The molecule has 0 saturated heterocycles. The zero-order chi connectivity index (χ0) is 23.9. The van der Waals surface area contributed by atoms with Gasteiger partial charge in [-0.2, -0.15) is 0 Å². The Morgan fingerprint density at radius 3 is 2.59 bits per heavy atom. The summed E-state index contributed by atoms with van der Waals surface area (Å²) in [5, 5.41) is 9.96. The van der Waals surface area contributed by atoms with E-state index in [2.05, 4.69) is 30.9 Å². The molecule has 0 saturated carbocycles. The topological polar surface area (TPSA) is 123 Å². The van der Waals surface area contributed by atoms with Gasteiger partial charge in [0.15, 0.2) is 0 Å². The van der Waals surface area contributed by atoms with Crippen molar-refractivity contribution < 1.29 is 14.3 Å². The summed E-state index contributed by atoms with van der Waals surface area (Å²) in [6.45, 7) is 2.73. The van der Waals surface area contributed by atoms with Gasteiger partial charge in [-0.15, -0.1) is 0 Å². The average Bonchev–Trinajstić information content (AvgIpc) is 3.26. The minimum atomic E-state index is -0.532. The Balaban J connectivity index is 1.57. The number of aryl methyl sites for hydroxylation is 1. The summed E-state index contributed by atoms with van der Waals surface area (Å²) in [5.74, 6) is 0.425. The first kappa shape index (κ1) is 22.7. The van der Waals surface area contributed by atoms with Crippen molar-refractivity contribution in [1.82, 2.24) is 30.2 Å². The van der Waals surface area contributed by atoms with Crippen LogP contribution in [0.1, 0.15) is 18.2 Å². The second-order valence-electron chi connectivity index (χ2n) is 7.53. The number of hydrogen-bond donors (Lipinski definition) is 3. The van der Waals surface area contributed by atoms with Gasteiger partial charge in [0.1, 0.15) is 12.4 Å². The molecule has 4 rings (SSSR count). The number of rotatable bonds is 7. The summed E-state index contributed by atoms with van der Waals surface area (Å²) in [7, 11) is 1.84. The molecule has 0 aliphatic rings. The lowest BCUT2D eigenvalue weighted by Gasteiger charge is -2.14. The van der Waals surface area contributed by atoms with E-state index in [0.29, 0.717) is 12.4 Å². The number of anilines is 1. The Hall–Kier alpha value is -4.47. The van der Waals surface area contributed by atoms with Gasteiger partial charge in [0.05, 0.1) is 18.2 Å². The molecule has 1 aromatic carbocycles. The molecule has 3 heterocycles. The second kappa shape index (κ2) is 10.4. The highest BCUT2D eigenvalue weighted by molar-refractivity contribution is 6.00. The van der Waals surface area contributed by atoms with Gasteiger partial charge in [-0.3, -0.25) is 10.3 Å². The predicted molar refractivity (Wildman–Crippen MR) is 128 cm³/mol. The average molecular weight is 460 g/mol. The first-order valence-electron chi connectivity index (χ1n) is 10.8. The van der Waals surface area contributed by atoms with E-state index in [9.17, 15) is 9.59 Å².